The van der Waals surface area contributed by atoms with Crippen LogP contribution in [0.15, 0.2) is 0 Å². The fourth-order valence-electron chi connectivity index (χ4n) is 2.24. The van der Waals surface area contributed by atoms with Gasteiger partial charge in [0.25, 0.3) is 0 Å². The largest absolute Gasteiger partial charge is 0.461 e. The highest BCUT2D eigenvalue weighted by Gasteiger charge is 2.32. The lowest BCUT2D eigenvalue weighted by atomic mass is 9.94. The Labute approximate surface area is 104 Å². The molecule has 100 valence electrons. The molecule has 0 aromatic heterocycles. The molecule has 0 bridgehead atoms. The molecule has 0 saturated heterocycles. The van der Waals surface area contributed by atoms with E-state index in [9.17, 15) is 4.79 Å². The molecule has 0 aliphatic heterocycles. The zero-order valence-corrected chi connectivity index (χ0v) is 11.4. The summed E-state index contributed by atoms with van der Waals surface area (Å²) in [6, 6.07) is 0. The Balaban J connectivity index is 2.45. The lowest BCUT2D eigenvalue weighted by Gasteiger charge is -2.31. The second-order valence-electron chi connectivity index (χ2n) is 5.21. The van der Waals surface area contributed by atoms with Crippen molar-refractivity contribution >= 4 is 5.97 Å². The molecule has 1 rings (SSSR count). The molecule has 0 aromatic rings. The van der Waals surface area contributed by atoms with Crippen LogP contribution in [0.1, 0.15) is 46.5 Å². The van der Waals surface area contributed by atoms with Crippen molar-refractivity contribution < 1.29 is 14.3 Å². The molecule has 1 fully saturated rings. The number of likely N-dealkylation sites (N-methyl/N-ethyl adjacent to an activating group) is 1. The predicted octanol–water partition coefficient (Wildman–Crippen LogP) is 1.88. The Hall–Kier alpha value is -0.610. The van der Waals surface area contributed by atoms with Gasteiger partial charge < -0.3 is 14.8 Å². The van der Waals surface area contributed by atoms with E-state index in [1.165, 1.54) is 0 Å². The molecular formula is C13H25NO3. The zero-order chi connectivity index (χ0) is 12.9. The third-order valence-electron chi connectivity index (χ3n) is 3.31. The smallest absolute Gasteiger partial charge is 0.326 e. The van der Waals surface area contributed by atoms with Crippen LogP contribution in [0, 0.1) is 0 Å². The molecule has 1 aliphatic carbocycles. The topological polar surface area (TPSA) is 47.6 Å². The highest BCUT2D eigenvalue weighted by molar-refractivity contribution is 5.79. The Morgan fingerprint density at radius 3 is 2.59 bits per heavy atom. The van der Waals surface area contributed by atoms with Crippen molar-refractivity contribution in [2.24, 2.45) is 0 Å². The molecule has 0 amide bonds. The average Bonchev–Trinajstić information content (AvgIpc) is 2.29. The van der Waals surface area contributed by atoms with E-state index in [0.29, 0.717) is 0 Å². The van der Waals surface area contributed by atoms with Gasteiger partial charge in [0.05, 0.1) is 6.10 Å². The maximum Gasteiger partial charge on any atom is 0.326 e. The van der Waals surface area contributed by atoms with Crippen LogP contribution in [0.25, 0.3) is 0 Å². The summed E-state index contributed by atoms with van der Waals surface area (Å²) in [7, 11) is 1.72. The summed E-state index contributed by atoms with van der Waals surface area (Å²) in [6.07, 6.45) is 4.17. The van der Waals surface area contributed by atoms with Crippen LogP contribution < -0.4 is 5.32 Å². The van der Waals surface area contributed by atoms with E-state index < -0.39 is 5.54 Å². The third kappa shape index (κ3) is 4.28. The number of carbonyl (C=O) groups excluding carboxylic acids is 1. The van der Waals surface area contributed by atoms with E-state index in [1.807, 2.05) is 20.8 Å². The van der Waals surface area contributed by atoms with Crippen molar-refractivity contribution in [3.05, 3.63) is 0 Å². The number of carbonyl (C=O) groups is 1. The highest BCUT2D eigenvalue weighted by Crippen LogP contribution is 2.24. The van der Waals surface area contributed by atoms with Gasteiger partial charge in [0, 0.05) is 13.5 Å². The summed E-state index contributed by atoms with van der Waals surface area (Å²) in [4.78, 5) is 12.0. The molecule has 2 atom stereocenters. The maximum atomic E-state index is 12.0. The second-order valence-corrected chi connectivity index (χ2v) is 5.21. The Morgan fingerprint density at radius 2 is 2.00 bits per heavy atom. The minimum absolute atomic E-state index is 0.0131. The standard InChI is InChI=1S/C13H25NO3/c1-5-14-13(2,3)12(15)17-11-8-6-7-10(9-11)16-4/h10-11,14H,5-9H2,1-4H3. The van der Waals surface area contributed by atoms with Gasteiger partial charge in [0.15, 0.2) is 0 Å². The Morgan fingerprint density at radius 1 is 1.35 bits per heavy atom. The van der Waals surface area contributed by atoms with Crippen LogP contribution in [0.3, 0.4) is 0 Å². The van der Waals surface area contributed by atoms with E-state index in [1.54, 1.807) is 7.11 Å². The first-order valence-electron chi connectivity index (χ1n) is 6.48. The van der Waals surface area contributed by atoms with E-state index in [4.69, 9.17) is 9.47 Å². The summed E-state index contributed by atoms with van der Waals surface area (Å²) in [5.41, 5.74) is -0.602. The van der Waals surface area contributed by atoms with Gasteiger partial charge in [-0.05, 0) is 39.7 Å². The Bertz CT molecular complexity index is 253. The van der Waals surface area contributed by atoms with Gasteiger partial charge >= 0.3 is 5.97 Å². The van der Waals surface area contributed by atoms with E-state index in [2.05, 4.69) is 5.32 Å². The number of methoxy groups -OCH3 is 1. The van der Waals surface area contributed by atoms with Gasteiger partial charge in [-0.15, -0.1) is 0 Å². The summed E-state index contributed by atoms with van der Waals surface area (Å²) in [6.45, 7) is 6.45. The van der Waals surface area contributed by atoms with E-state index >= 15 is 0 Å². The average molecular weight is 243 g/mol. The van der Waals surface area contributed by atoms with Crippen molar-refractivity contribution in [3.8, 4) is 0 Å². The van der Waals surface area contributed by atoms with Crippen molar-refractivity contribution in [2.75, 3.05) is 13.7 Å². The lowest BCUT2D eigenvalue weighted by molar-refractivity contribution is -0.159. The number of nitrogens with one attached hydrogen (secondary N) is 1. The van der Waals surface area contributed by atoms with Crippen LogP contribution in [0.4, 0.5) is 0 Å². The first-order valence-corrected chi connectivity index (χ1v) is 6.48. The molecular weight excluding hydrogens is 218 g/mol. The summed E-state index contributed by atoms with van der Waals surface area (Å²) < 4.78 is 10.9. The van der Waals surface area contributed by atoms with Crippen LogP contribution >= 0.6 is 0 Å². The molecule has 2 unspecified atom stereocenters. The molecule has 0 heterocycles. The van der Waals surface area contributed by atoms with Crippen molar-refractivity contribution in [3.63, 3.8) is 0 Å². The van der Waals surface area contributed by atoms with Crippen LogP contribution in [0.5, 0.6) is 0 Å². The summed E-state index contributed by atoms with van der Waals surface area (Å²) in [5, 5.41) is 3.13. The fourth-order valence-corrected chi connectivity index (χ4v) is 2.24. The van der Waals surface area contributed by atoms with Gasteiger partial charge in [-0.1, -0.05) is 6.92 Å². The molecule has 0 spiro atoms. The Kier molecular flexibility index (Phi) is 5.40. The number of rotatable bonds is 5. The van der Waals surface area contributed by atoms with Crippen molar-refractivity contribution in [1.82, 2.24) is 5.32 Å². The van der Waals surface area contributed by atoms with Crippen LogP contribution in [0.2, 0.25) is 0 Å². The first-order chi connectivity index (χ1) is 7.99. The fraction of sp³-hybridized carbons (Fsp3) is 0.923. The third-order valence-corrected chi connectivity index (χ3v) is 3.31. The summed E-state index contributed by atoms with van der Waals surface area (Å²) in [5.74, 6) is -0.166. The molecule has 17 heavy (non-hydrogen) atoms. The summed E-state index contributed by atoms with van der Waals surface area (Å²) >= 11 is 0. The van der Waals surface area contributed by atoms with Gasteiger partial charge in [-0.2, -0.15) is 0 Å². The quantitative estimate of drug-likeness (QED) is 0.749. The number of esters is 1. The number of ether oxygens (including phenoxy) is 2. The van der Waals surface area contributed by atoms with Crippen molar-refractivity contribution in [2.45, 2.75) is 64.2 Å². The van der Waals surface area contributed by atoms with E-state index in [0.717, 1.165) is 32.2 Å². The van der Waals surface area contributed by atoms with Gasteiger partial charge in [0.1, 0.15) is 11.6 Å². The molecule has 1 N–H and O–H groups in total. The number of hydrogen-bond donors (Lipinski definition) is 1. The molecule has 0 radical (unpaired) electrons. The zero-order valence-electron chi connectivity index (χ0n) is 11.4. The highest BCUT2D eigenvalue weighted by atomic mass is 16.5. The lowest BCUT2D eigenvalue weighted by Crippen LogP contribution is -2.49. The van der Waals surface area contributed by atoms with Gasteiger partial charge in [0.2, 0.25) is 0 Å². The second kappa shape index (κ2) is 6.36. The minimum atomic E-state index is -0.602. The first kappa shape index (κ1) is 14.5. The minimum Gasteiger partial charge on any atom is -0.461 e. The molecule has 4 nitrogen and oxygen atoms in total. The van der Waals surface area contributed by atoms with Gasteiger partial charge in [-0.3, -0.25) is 4.79 Å². The molecule has 0 aromatic carbocycles. The van der Waals surface area contributed by atoms with E-state index in [-0.39, 0.29) is 18.2 Å². The van der Waals surface area contributed by atoms with Crippen molar-refractivity contribution in [1.29, 1.82) is 0 Å². The SMILES string of the molecule is CCNC(C)(C)C(=O)OC1CCCC(OC)C1. The van der Waals surface area contributed by atoms with Gasteiger partial charge in [-0.25, -0.2) is 0 Å². The molecule has 1 aliphatic rings. The van der Waals surface area contributed by atoms with Crippen LogP contribution in [-0.4, -0.2) is 37.4 Å². The molecule has 1 saturated carbocycles. The predicted molar refractivity (Wildman–Crippen MR) is 66.9 cm³/mol. The monoisotopic (exact) mass is 243 g/mol. The molecule has 4 heteroatoms. The normalized spacial score (nSPS) is 25.6. The maximum absolute atomic E-state index is 12.0. The van der Waals surface area contributed by atoms with Crippen LogP contribution in [-0.2, 0) is 14.3 Å². The number of hydrogen-bond acceptors (Lipinski definition) is 4.